The van der Waals surface area contributed by atoms with Crippen LogP contribution in [-0.2, 0) is 16.0 Å². The number of ether oxygens (including phenoxy) is 2. The van der Waals surface area contributed by atoms with Crippen LogP contribution < -0.4 is 10.1 Å². The number of hydrogen-bond acceptors (Lipinski definition) is 5. The number of nitrogens with zero attached hydrogens (tertiary/aromatic N) is 1. The molecule has 9 heteroatoms. The number of aromatic amines is 1. The average Bonchev–Trinajstić information content (AvgIpc) is 3.45. The number of aromatic nitrogens is 2. The first-order chi connectivity index (χ1) is 20.3. The largest absolute Gasteiger partial charge is 0.493 e. The van der Waals surface area contributed by atoms with E-state index in [0.29, 0.717) is 48.2 Å². The number of amides is 1. The molecule has 226 valence electrons. The fourth-order valence-corrected chi connectivity index (χ4v) is 4.13. The monoisotopic (exact) mass is 595 g/mol. The molecule has 0 bridgehead atoms. The maximum absolute atomic E-state index is 12.8. The number of rotatable bonds is 16. The van der Waals surface area contributed by atoms with Crippen molar-refractivity contribution in [2.24, 2.45) is 0 Å². The van der Waals surface area contributed by atoms with Gasteiger partial charge in [0.2, 0.25) is 5.91 Å². The van der Waals surface area contributed by atoms with Crippen molar-refractivity contribution in [3.63, 3.8) is 0 Å². The number of unbranched alkanes of at least 4 members (excludes halogenated alkanes) is 2. The minimum Gasteiger partial charge on any atom is -0.493 e. The number of hydrogen-bond donors (Lipinski definition) is 3. The van der Waals surface area contributed by atoms with E-state index in [4.69, 9.17) is 16.3 Å². The molecule has 0 aliphatic carbocycles. The van der Waals surface area contributed by atoms with Gasteiger partial charge in [0, 0.05) is 25.0 Å². The predicted molar refractivity (Wildman–Crippen MR) is 168 cm³/mol. The molecule has 42 heavy (non-hydrogen) atoms. The van der Waals surface area contributed by atoms with Gasteiger partial charge in [-0.05, 0) is 61.6 Å². The van der Waals surface area contributed by atoms with E-state index >= 15 is 0 Å². The number of carbonyl (C=O) groups excluding carboxylic acids is 1. The highest BCUT2D eigenvalue weighted by Crippen LogP contribution is 2.27. The standard InChI is InChI=1S/C29H34ClN3O4.C4H8O/c1-3-5-7-8-9-28(34)33-24(18-27-31-19-25(32-27)20-10-13-22(30)14-11-20)21-12-15-26(37-16-6-4-2)23(17-21)29(35)36;1-3-4-5-2/h3,5,10-15,17,19,24H,4,6-9,16,18H2,1-2H3,(H,31,32)(H,33,34)(H,35,36);3H,1,4H2,2H3/b5-3+;. The molecule has 8 nitrogen and oxygen atoms in total. The number of halogens is 1. The van der Waals surface area contributed by atoms with Crippen LogP contribution in [0.1, 0.15) is 73.7 Å². The number of nitrogens with one attached hydrogen (secondary N) is 2. The Labute approximate surface area is 253 Å². The summed E-state index contributed by atoms with van der Waals surface area (Å²) in [6.45, 7) is 8.52. The Bertz CT molecular complexity index is 1290. The molecule has 0 fully saturated rings. The molecule has 0 saturated heterocycles. The summed E-state index contributed by atoms with van der Waals surface area (Å²) in [5.74, 6) is -0.180. The molecular formula is C33H42ClN3O5. The third-order valence-electron chi connectivity index (χ3n) is 6.20. The minimum absolute atomic E-state index is 0.0715. The highest BCUT2D eigenvalue weighted by molar-refractivity contribution is 6.30. The van der Waals surface area contributed by atoms with E-state index in [1.165, 1.54) is 0 Å². The van der Waals surface area contributed by atoms with Gasteiger partial charge in [-0.3, -0.25) is 4.79 Å². The topological polar surface area (TPSA) is 114 Å². The fraction of sp³-hybridized carbons (Fsp3) is 0.364. The molecule has 1 unspecified atom stereocenters. The predicted octanol–water partition coefficient (Wildman–Crippen LogP) is 7.57. The Morgan fingerprint density at radius 3 is 2.57 bits per heavy atom. The zero-order valence-corrected chi connectivity index (χ0v) is 25.5. The molecule has 0 aliphatic heterocycles. The first kappa shape index (κ1) is 34.3. The second-order valence-corrected chi connectivity index (χ2v) is 9.98. The van der Waals surface area contributed by atoms with Crippen molar-refractivity contribution in [2.45, 2.75) is 58.4 Å². The molecule has 3 rings (SSSR count). The van der Waals surface area contributed by atoms with Crippen LogP contribution in [0.2, 0.25) is 5.02 Å². The first-order valence-corrected chi connectivity index (χ1v) is 14.5. The van der Waals surface area contributed by atoms with Crippen LogP contribution in [0.15, 0.2) is 73.5 Å². The number of carboxylic acids is 1. The first-order valence-electron chi connectivity index (χ1n) is 14.1. The molecule has 0 spiro atoms. The van der Waals surface area contributed by atoms with Gasteiger partial charge in [0.1, 0.15) is 17.1 Å². The van der Waals surface area contributed by atoms with E-state index in [0.717, 1.165) is 36.9 Å². The van der Waals surface area contributed by atoms with Gasteiger partial charge in [-0.2, -0.15) is 0 Å². The van der Waals surface area contributed by atoms with Gasteiger partial charge in [0.05, 0.1) is 31.1 Å². The number of aromatic carboxylic acids is 1. The maximum Gasteiger partial charge on any atom is 0.339 e. The summed E-state index contributed by atoms with van der Waals surface area (Å²) in [5, 5.41) is 13.5. The lowest BCUT2D eigenvalue weighted by Crippen LogP contribution is -2.30. The van der Waals surface area contributed by atoms with Crippen LogP contribution >= 0.6 is 11.6 Å². The molecule has 3 aromatic rings. The Kier molecular flexibility index (Phi) is 15.8. The van der Waals surface area contributed by atoms with Crippen molar-refractivity contribution in [3.05, 3.63) is 95.4 Å². The Morgan fingerprint density at radius 2 is 1.95 bits per heavy atom. The highest BCUT2D eigenvalue weighted by atomic mass is 35.5. The number of carbonyl (C=O) groups is 2. The molecule has 1 aromatic heterocycles. The van der Waals surface area contributed by atoms with Gasteiger partial charge in [-0.15, -0.1) is 6.58 Å². The summed E-state index contributed by atoms with van der Waals surface area (Å²) >= 11 is 6.00. The van der Waals surface area contributed by atoms with Crippen molar-refractivity contribution >= 4 is 23.5 Å². The third kappa shape index (κ3) is 11.9. The lowest BCUT2D eigenvalue weighted by molar-refractivity contribution is -0.121. The molecule has 1 atom stereocenters. The van der Waals surface area contributed by atoms with Gasteiger partial charge in [0.15, 0.2) is 0 Å². The van der Waals surface area contributed by atoms with Crippen LogP contribution in [0.5, 0.6) is 5.75 Å². The summed E-state index contributed by atoms with van der Waals surface area (Å²) in [7, 11) is 1.64. The molecule has 2 aromatic carbocycles. The second kappa shape index (κ2) is 19.3. The van der Waals surface area contributed by atoms with Crippen LogP contribution in [0.3, 0.4) is 0 Å². The average molecular weight is 596 g/mol. The number of benzene rings is 2. The van der Waals surface area contributed by atoms with Crippen LogP contribution in [0.25, 0.3) is 11.3 Å². The Balaban J connectivity index is 0.00000113. The van der Waals surface area contributed by atoms with Gasteiger partial charge >= 0.3 is 5.97 Å². The van der Waals surface area contributed by atoms with Crippen LogP contribution in [0, 0.1) is 0 Å². The van der Waals surface area contributed by atoms with Crippen LogP contribution in [0.4, 0.5) is 0 Å². The zero-order chi connectivity index (χ0) is 30.7. The molecule has 3 N–H and O–H groups in total. The van der Waals surface area contributed by atoms with E-state index in [1.807, 2.05) is 56.3 Å². The number of methoxy groups -OCH3 is 1. The van der Waals surface area contributed by atoms with E-state index in [2.05, 4.69) is 26.6 Å². The number of carboxylic acid groups (broad SMARTS) is 1. The van der Waals surface area contributed by atoms with Crippen molar-refractivity contribution in [1.82, 2.24) is 15.3 Å². The summed E-state index contributed by atoms with van der Waals surface area (Å²) in [5.41, 5.74) is 2.51. The van der Waals surface area contributed by atoms with Crippen molar-refractivity contribution in [2.75, 3.05) is 20.3 Å². The van der Waals surface area contributed by atoms with E-state index < -0.39 is 12.0 Å². The lowest BCUT2D eigenvalue weighted by Gasteiger charge is -2.20. The number of imidazole rings is 1. The zero-order valence-electron chi connectivity index (χ0n) is 24.7. The maximum atomic E-state index is 12.8. The Morgan fingerprint density at radius 1 is 1.19 bits per heavy atom. The van der Waals surface area contributed by atoms with E-state index in [-0.39, 0.29) is 11.5 Å². The number of allylic oxidation sites excluding steroid dienone is 2. The van der Waals surface area contributed by atoms with Crippen molar-refractivity contribution in [1.29, 1.82) is 0 Å². The second-order valence-electron chi connectivity index (χ2n) is 9.54. The van der Waals surface area contributed by atoms with Gasteiger partial charge in [0.25, 0.3) is 0 Å². The molecule has 0 aliphatic rings. The molecule has 1 heterocycles. The third-order valence-corrected chi connectivity index (χ3v) is 6.46. The Hall–Kier alpha value is -3.88. The SMILES string of the molecule is C/C=C/CCCC(=O)NC(Cc1ncc(-c2ccc(Cl)cc2)[nH]1)c1ccc(OCCCC)c(C(=O)O)c1.C=CCOC. The normalized spacial score (nSPS) is 11.4. The van der Waals surface area contributed by atoms with E-state index in [1.54, 1.807) is 31.5 Å². The molecule has 1 amide bonds. The minimum atomic E-state index is -1.08. The van der Waals surface area contributed by atoms with Gasteiger partial charge < -0.3 is 24.9 Å². The molecule has 0 radical (unpaired) electrons. The molecular weight excluding hydrogens is 554 g/mol. The van der Waals surface area contributed by atoms with Crippen LogP contribution in [-0.4, -0.2) is 47.3 Å². The quantitative estimate of drug-likeness (QED) is 0.116. The highest BCUT2D eigenvalue weighted by Gasteiger charge is 2.21. The van der Waals surface area contributed by atoms with Gasteiger partial charge in [-0.25, -0.2) is 9.78 Å². The summed E-state index contributed by atoms with van der Waals surface area (Å²) in [6, 6.07) is 12.0. The summed E-state index contributed by atoms with van der Waals surface area (Å²) in [4.78, 5) is 32.6. The lowest BCUT2D eigenvalue weighted by atomic mass is 9.99. The van der Waals surface area contributed by atoms with Crippen molar-refractivity contribution < 1.29 is 24.2 Å². The fourth-order valence-electron chi connectivity index (χ4n) is 4.00. The summed E-state index contributed by atoms with van der Waals surface area (Å²) < 4.78 is 10.3. The smallest absolute Gasteiger partial charge is 0.339 e. The number of H-pyrrole nitrogens is 1. The van der Waals surface area contributed by atoms with Crippen molar-refractivity contribution in [3.8, 4) is 17.0 Å². The molecule has 0 saturated carbocycles. The summed E-state index contributed by atoms with van der Waals surface area (Å²) in [6.07, 6.45) is 11.5. The van der Waals surface area contributed by atoms with Gasteiger partial charge in [-0.1, -0.05) is 61.4 Å². The van der Waals surface area contributed by atoms with E-state index in [9.17, 15) is 14.7 Å².